The van der Waals surface area contributed by atoms with Crippen LogP contribution in [0.3, 0.4) is 0 Å². The molecule has 2 aromatic rings. The third-order valence-corrected chi connectivity index (χ3v) is 4.41. The van der Waals surface area contributed by atoms with E-state index in [0.717, 1.165) is 16.7 Å². The van der Waals surface area contributed by atoms with Gasteiger partial charge in [0.25, 0.3) is 0 Å². The van der Waals surface area contributed by atoms with Crippen LogP contribution < -0.4 is 4.74 Å². The highest BCUT2D eigenvalue weighted by Crippen LogP contribution is 2.28. The molecule has 0 fully saturated rings. The number of ether oxygens (including phenoxy) is 1. The van der Waals surface area contributed by atoms with Crippen LogP contribution in [0.1, 0.15) is 38.8 Å². The molecule has 1 N–H and O–H groups in total. The van der Waals surface area contributed by atoms with Crippen molar-refractivity contribution in [3.05, 3.63) is 47.4 Å². The fraction of sp³-hybridized carbons (Fsp3) is 0.450. The molecule has 0 aliphatic heterocycles. The minimum absolute atomic E-state index is 0.0399. The quantitative estimate of drug-likeness (QED) is 0.823. The molecule has 0 saturated heterocycles. The van der Waals surface area contributed by atoms with E-state index in [1.54, 1.807) is 6.07 Å². The summed E-state index contributed by atoms with van der Waals surface area (Å²) in [6.07, 6.45) is 1.17. The number of aliphatic hydroxyl groups is 1. The molecular weight excluding hydrogens is 319 g/mol. The van der Waals surface area contributed by atoms with E-state index in [1.807, 2.05) is 18.2 Å². The van der Waals surface area contributed by atoms with Crippen LogP contribution in [-0.4, -0.2) is 34.2 Å². The molecule has 0 bridgehead atoms. The summed E-state index contributed by atoms with van der Waals surface area (Å²) in [7, 11) is 1.51. The predicted molar refractivity (Wildman–Crippen MR) is 97.9 cm³/mol. The van der Waals surface area contributed by atoms with Crippen molar-refractivity contribution in [2.45, 2.75) is 52.9 Å². The Balaban J connectivity index is 2.46. The Hall–Kier alpha value is -1.98. The molecule has 1 heterocycles. The first kappa shape index (κ1) is 19.3. The smallest absolute Gasteiger partial charge is 0.213 e. The number of methoxy groups -OCH3 is 1. The third-order valence-electron chi connectivity index (χ3n) is 4.41. The SMILES string of the molecule is COc1cc(-c2ccc(CO)c(CN(C(C)C)C(C)C)c2)c(F)cn1. The molecule has 4 nitrogen and oxygen atoms in total. The summed E-state index contributed by atoms with van der Waals surface area (Å²) in [6.45, 7) is 9.25. The second-order valence-corrected chi connectivity index (χ2v) is 6.71. The van der Waals surface area contributed by atoms with Crippen LogP contribution in [-0.2, 0) is 13.2 Å². The van der Waals surface area contributed by atoms with Crippen molar-refractivity contribution in [1.29, 1.82) is 0 Å². The van der Waals surface area contributed by atoms with Gasteiger partial charge in [-0.2, -0.15) is 0 Å². The predicted octanol–water partition coefficient (Wildman–Crippen LogP) is 4.01. The van der Waals surface area contributed by atoms with Gasteiger partial charge in [-0.1, -0.05) is 12.1 Å². The lowest BCUT2D eigenvalue weighted by molar-refractivity contribution is 0.164. The third kappa shape index (κ3) is 4.55. The zero-order valence-electron chi connectivity index (χ0n) is 15.6. The van der Waals surface area contributed by atoms with Gasteiger partial charge in [0.05, 0.1) is 19.9 Å². The Morgan fingerprint density at radius 2 is 1.80 bits per heavy atom. The van der Waals surface area contributed by atoms with Crippen molar-refractivity contribution in [3.63, 3.8) is 0 Å². The topological polar surface area (TPSA) is 45.6 Å². The average molecular weight is 346 g/mol. The van der Waals surface area contributed by atoms with Crippen LogP contribution in [0.5, 0.6) is 5.88 Å². The van der Waals surface area contributed by atoms with E-state index in [9.17, 15) is 9.50 Å². The molecule has 0 radical (unpaired) electrons. The lowest BCUT2D eigenvalue weighted by Gasteiger charge is -2.31. The fourth-order valence-corrected chi connectivity index (χ4v) is 3.01. The minimum Gasteiger partial charge on any atom is -0.481 e. The molecule has 0 unspecified atom stereocenters. The summed E-state index contributed by atoms with van der Waals surface area (Å²) in [5.74, 6) is -0.0248. The number of pyridine rings is 1. The molecule has 0 aliphatic rings. The van der Waals surface area contributed by atoms with Gasteiger partial charge in [0.1, 0.15) is 5.82 Å². The van der Waals surface area contributed by atoms with Crippen LogP contribution in [0.2, 0.25) is 0 Å². The molecule has 0 amide bonds. The summed E-state index contributed by atoms with van der Waals surface area (Å²) in [5, 5.41) is 9.68. The molecule has 136 valence electrons. The monoisotopic (exact) mass is 346 g/mol. The van der Waals surface area contributed by atoms with Gasteiger partial charge < -0.3 is 9.84 Å². The zero-order chi connectivity index (χ0) is 18.6. The normalized spacial score (nSPS) is 11.6. The van der Waals surface area contributed by atoms with E-state index >= 15 is 0 Å². The van der Waals surface area contributed by atoms with Crippen molar-refractivity contribution < 1.29 is 14.2 Å². The first-order valence-corrected chi connectivity index (χ1v) is 8.55. The van der Waals surface area contributed by atoms with E-state index in [-0.39, 0.29) is 6.61 Å². The Labute approximate surface area is 149 Å². The largest absolute Gasteiger partial charge is 0.481 e. The number of aliphatic hydroxyl groups excluding tert-OH is 1. The second kappa shape index (κ2) is 8.41. The first-order valence-electron chi connectivity index (χ1n) is 8.55. The zero-order valence-corrected chi connectivity index (χ0v) is 15.6. The first-order chi connectivity index (χ1) is 11.9. The number of nitrogens with zero attached hydrogens (tertiary/aromatic N) is 2. The van der Waals surface area contributed by atoms with Gasteiger partial charge in [-0.05, 0) is 50.5 Å². The highest BCUT2D eigenvalue weighted by atomic mass is 19.1. The van der Waals surface area contributed by atoms with Crippen LogP contribution in [0.15, 0.2) is 30.5 Å². The maximum Gasteiger partial charge on any atom is 0.213 e. The highest BCUT2D eigenvalue weighted by molar-refractivity contribution is 5.66. The molecule has 0 atom stereocenters. The van der Waals surface area contributed by atoms with Gasteiger partial charge in [0.2, 0.25) is 5.88 Å². The van der Waals surface area contributed by atoms with Gasteiger partial charge in [-0.15, -0.1) is 0 Å². The number of aromatic nitrogens is 1. The minimum atomic E-state index is -0.395. The lowest BCUT2D eigenvalue weighted by atomic mass is 9.98. The molecule has 0 spiro atoms. The summed E-state index contributed by atoms with van der Waals surface area (Å²) >= 11 is 0. The molecule has 0 saturated carbocycles. The molecule has 5 heteroatoms. The van der Waals surface area contributed by atoms with Crippen molar-refractivity contribution in [1.82, 2.24) is 9.88 Å². The maximum atomic E-state index is 14.2. The van der Waals surface area contributed by atoms with Gasteiger partial charge in [0.15, 0.2) is 0 Å². The number of halogens is 1. The van der Waals surface area contributed by atoms with Gasteiger partial charge in [0, 0.05) is 30.3 Å². The maximum absolute atomic E-state index is 14.2. The average Bonchev–Trinajstić information content (AvgIpc) is 2.59. The van der Waals surface area contributed by atoms with Crippen LogP contribution >= 0.6 is 0 Å². The molecular formula is C20H27FN2O2. The number of hydrogen-bond acceptors (Lipinski definition) is 4. The van der Waals surface area contributed by atoms with E-state index in [1.165, 1.54) is 13.3 Å². The Bertz CT molecular complexity index is 709. The second-order valence-electron chi connectivity index (χ2n) is 6.71. The number of benzene rings is 1. The van der Waals surface area contributed by atoms with Crippen molar-refractivity contribution in [2.75, 3.05) is 7.11 Å². The van der Waals surface area contributed by atoms with Crippen molar-refractivity contribution >= 4 is 0 Å². The van der Waals surface area contributed by atoms with E-state index in [0.29, 0.717) is 30.1 Å². The van der Waals surface area contributed by atoms with Crippen LogP contribution in [0.25, 0.3) is 11.1 Å². The summed E-state index contributed by atoms with van der Waals surface area (Å²) < 4.78 is 19.4. The molecule has 25 heavy (non-hydrogen) atoms. The fourth-order valence-electron chi connectivity index (χ4n) is 3.01. The summed E-state index contributed by atoms with van der Waals surface area (Å²) in [4.78, 5) is 6.22. The standard InChI is InChI=1S/C20H27FN2O2/c1-13(2)23(14(3)4)11-17-8-15(6-7-16(17)12-24)18-9-20(25-5)22-10-19(18)21/h6-10,13-14,24H,11-12H2,1-5H3. The highest BCUT2D eigenvalue weighted by Gasteiger charge is 2.17. The van der Waals surface area contributed by atoms with E-state index in [2.05, 4.69) is 37.6 Å². The van der Waals surface area contributed by atoms with Gasteiger partial charge >= 0.3 is 0 Å². The van der Waals surface area contributed by atoms with E-state index in [4.69, 9.17) is 4.74 Å². The molecule has 1 aromatic heterocycles. The molecule has 2 rings (SSSR count). The molecule has 1 aromatic carbocycles. The summed E-state index contributed by atoms with van der Waals surface area (Å²) in [6, 6.07) is 7.95. The van der Waals surface area contributed by atoms with Gasteiger partial charge in [-0.25, -0.2) is 9.37 Å². The van der Waals surface area contributed by atoms with Gasteiger partial charge in [-0.3, -0.25) is 4.90 Å². The Morgan fingerprint density at radius 3 is 2.36 bits per heavy atom. The number of hydrogen-bond donors (Lipinski definition) is 1. The number of rotatable bonds is 7. The van der Waals surface area contributed by atoms with Crippen LogP contribution in [0, 0.1) is 5.82 Å². The van der Waals surface area contributed by atoms with E-state index < -0.39 is 5.82 Å². The Morgan fingerprint density at radius 1 is 1.12 bits per heavy atom. The summed E-state index contributed by atoms with van der Waals surface area (Å²) in [5.41, 5.74) is 3.05. The Kier molecular flexibility index (Phi) is 6.51. The lowest BCUT2D eigenvalue weighted by Crippen LogP contribution is -2.36. The molecule has 0 aliphatic carbocycles. The van der Waals surface area contributed by atoms with Crippen LogP contribution in [0.4, 0.5) is 4.39 Å². The van der Waals surface area contributed by atoms with Crippen molar-refractivity contribution in [3.8, 4) is 17.0 Å². The van der Waals surface area contributed by atoms with Crippen molar-refractivity contribution in [2.24, 2.45) is 0 Å².